The molecular weight excluding hydrogens is 1330 g/mol. The van der Waals surface area contributed by atoms with Crippen LogP contribution in [0.3, 0.4) is 0 Å². The minimum Gasteiger partial charge on any atom is -0.494 e. The third-order valence-corrected chi connectivity index (χ3v) is 19.1. The maximum Gasteiger partial charge on any atom is 0.425 e. The van der Waals surface area contributed by atoms with Gasteiger partial charge in [0.25, 0.3) is 30.4 Å². The normalized spacial score (nSPS) is 11.9. The summed E-state index contributed by atoms with van der Waals surface area (Å²) in [5.41, 5.74) is 4.00. The third kappa shape index (κ3) is 16.7. The van der Waals surface area contributed by atoms with E-state index in [1.54, 1.807) is 30.3 Å². The first kappa shape index (κ1) is 70.1. The van der Waals surface area contributed by atoms with Crippen molar-refractivity contribution in [2.75, 3.05) is 92.0 Å². The molecule has 0 fully saturated rings. The fraction of sp³-hybridized carbons (Fsp3) is 0.281. The molecule has 0 bridgehead atoms. The number of fused-ring (bicyclic) bond motifs is 2. The summed E-state index contributed by atoms with van der Waals surface area (Å²) in [5.74, 6) is 0.392. The highest BCUT2D eigenvalue weighted by Gasteiger charge is 2.26. The van der Waals surface area contributed by atoms with Crippen LogP contribution >= 0.6 is 22.7 Å². The summed E-state index contributed by atoms with van der Waals surface area (Å²) in [6, 6.07) is 23.4. The van der Waals surface area contributed by atoms with E-state index in [9.17, 15) is 49.1 Å². The standard InChI is InChI=1S/C57H62N14O13S5.O3S/c1-9-69(10-2)44-28-40(42(30-46(44)83-7)67-65-37-19-15-34(26-49(37)87(74,75)76)53-58-36-17-13-32(5)25-48(36)85-53)60-55-62-56(64-57(63-55)71(21-23-72)22-24-73)61-41-29-45(70(11-3)12-4)47(84-8)31-43(41)68-66-38-20-16-35(27-50(38)88(77,78)79)54-59-39-18-14-33(6)52(51(39)86-54)89(80,81)82;1-4(2)3/h13-20,25-31,72-73H,9-12,21-24H2,1-8H3,(H,74,75,76)(H,77,78,79)(H,80,81,82)(H2,60,61,62,63,64);. The second-order valence-corrected chi connectivity index (χ2v) is 26.4. The summed E-state index contributed by atoms with van der Waals surface area (Å²) in [6.45, 7) is 12.5. The Kier molecular flexibility index (Phi) is 22.5. The van der Waals surface area contributed by atoms with E-state index in [1.807, 2.05) is 62.6 Å². The van der Waals surface area contributed by atoms with Gasteiger partial charge in [-0.25, -0.2) is 9.97 Å². The van der Waals surface area contributed by atoms with Gasteiger partial charge < -0.3 is 45.0 Å². The van der Waals surface area contributed by atoms with E-state index < -0.39 is 50.8 Å². The zero-order valence-corrected chi connectivity index (χ0v) is 55.8. The number of hydrogen-bond donors (Lipinski definition) is 7. The third-order valence-electron chi connectivity index (χ3n) is 14.0. The lowest BCUT2D eigenvalue weighted by atomic mass is 10.2. The van der Waals surface area contributed by atoms with Gasteiger partial charge in [-0.1, -0.05) is 12.1 Å². The van der Waals surface area contributed by atoms with Gasteiger partial charge >= 0.3 is 10.6 Å². The molecule has 0 aliphatic heterocycles. The largest absolute Gasteiger partial charge is 0.494 e. The summed E-state index contributed by atoms with van der Waals surface area (Å²) in [5, 5.41) is 45.3. The molecule has 0 saturated heterocycles. The first-order chi connectivity index (χ1) is 44.1. The average Bonchev–Trinajstić information content (AvgIpc) is 1.71. The van der Waals surface area contributed by atoms with Crippen molar-refractivity contribution >= 4 is 147 Å². The molecule has 0 spiro atoms. The summed E-state index contributed by atoms with van der Waals surface area (Å²) in [4.78, 5) is 27.3. The molecule has 7 N–H and O–H groups in total. The number of hydrogen-bond acceptors (Lipinski definition) is 29. The van der Waals surface area contributed by atoms with Crippen LogP contribution in [0.2, 0.25) is 0 Å². The van der Waals surface area contributed by atoms with E-state index in [-0.39, 0.29) is 110 Å². The van der Waals surface area contributed by atoms with Crippen LogP contribution in [-0.4, -0.2) is 153 Å². The molecule has 6 aromatic carbocycles. The highest BCUT2D eigenvalue weighted by Crippen LogP contribution is 2.45. The fourth-order valence-corrected chi connectivity index (χ4v) is 14.3. The molecule has 30 nitrogen and oxygen atoms in total. The van der Waals surface area contributed by atoms with Gasteiger partial charge in [0.15, 0.2) is 0 Å². The van der Waals surface area contributed by atoms with Crippen LogP contribution in [-0.2, 0) is 41.0 Å². The summed E-state index contributed by atoms with van der Waals surface area (Å²) < 4.78 is 147. The Hall–Kier alpha value is -8.82. The summed E-state index contributed by atoms with van der Waals surface area (Å²) in [6.07, 6.45) is 0. The van der Waals surface area contributed by atoms with Crippen molar-refractivity contribution in [1.82, 2.24) is 24.9 Å². The van der Waals surface area contributed by atoms with Crippen molar-refractivity contribution in [2.45, 2.75) is 56.2 Å². The van der Waals surface area contributed by atoms with Crippen molar-refractivity contribution in [3.8, 4) is 32.6 Å². The smallest absolute Gasteiger partial charge is 0.425 e. The topological polar surface area (TPSA) is 421 Å². The molecule has 0 unspecified atom stereocenters. The quantitative estimate of drug-likeness (QED) is 0.0196. The summed E-state index contributed by atoms with van der Waals surface area (Å²) in [7, 11) is -14.8. The Morgan fingerprint density at radius 3 is 1.40 bits per heavy atom. The number of nitrogens with one attached hydrogen (secondary N) is 2. The minimum atomic E-state index is -5.04. The zero-order chi connectivity index (χ0) is 67.7. The molecule has 3 aromatic heterocycles. The van der Waals surface area contributed by atoms with Crippen molar-refractivity contribution in [1.29, 1.82) is 0 Å². The van der Waals surface area contributed by atoms with Gasteiger partial charge in [0.05, 0.1) is 70.6 Å². The van der Waals surface area contributed by atoms with Gasteiger partial charge in [0, 0.05) is 62.5 Å². The van der Waals surface area contributed by atoms with Crippen molar-refractivity contribution in [3.63, 3.8) is 0 Å². The second-order valence-electron chi connectivity index (χ2n) is 19.9. The molecule has 9 rings (SSSR count). The molecule has 36 heteroatoms. The van der Waals surface area contributed by atoms with Crippen molar-refractivity contribution in [3.05, 3.63) is 102 Å². The van der Waals surface area contributed by atoms with Crippen LogP contribution in [0, 0.1) is 13.8 Å². The number of methoxy groups -OCH3 is 2. The molecule has 9 aromatic rings. The number of anilines is 7. The molecule has 0 saturated carbocycles. The Labute approximate surface area is 543 Å². The first-order valence-corrected chi connectivity index (χ1v) is 34.9. The van der Waals surface area contributed by atoms with Crippen LogP contribution in [0.5, 0.6) is 11.5 Å². The number of benzene rings is 6. The maximum atomic E-state index is 13.1. The number of aryl methyl sites for hydroxylation is 2. The van der Waals surface area contributed by atoms with Gasteiger partial charge in [0.2, 0.25) is 17.8 Å². The number of nitrogens with zero attached hydrogens (tertiary/aromatic N) is 12. The van der Waals surface area contributed by atoms with E-state index in [0.29, 0.717) is 59.6 Å². The van der Waals surface area contributed by atoms with Crippen molar-refractivity contribution < 1.29 is 71.2 Å². The zero-order valence-electron chi connectivity index (χ0n) is 50.9. The Morgan fingerprint density at radius 2 is 0.968 bits per heavy atom. The Morgan fingerprint density at radius 1 is 0.527 bits per heavy atom. The number of aromatic nitrogens is 5. The molecule has 0 atom stereocenters. The number of aliphatic hydroxyl groups excluding tert-OH is 2. The number of rotatable bonds is 26. The van der Waals surface area contributed by atoms with E-state index in [4.69, 9.17) is 37.1 Å². The molecule has 3 heterocycles. The molecular formula is C57H62N14O16S6. The molecule has 0 aliphatic carbocycles. The molecule has 0 amide bonds. The maximum absolute atomic E-state index is 13.1. The predicted octanol–water partition coefficient (Wildman–Crippen LogP) is 10.6. The monoisotopic (exact) mass is 1390 g/mol. The molecule has 93 heavy (non-hydrogen) atoms. The Bertz CT molecular complexity index is 4810. The average molecular weight is 1390 g/mol. The molecule has 492 valence electrons. The highest BCUT2D eigenvalue weighted by molar-refractivity contribution is 7.86. The van der Waals surface area contributed by atoms with Crippen LogP contribution in [0.15, 0.2) is 126 Å². The number of thiazole rings is 2. The molecule has 0 radical (unpaired) electrons. The van der Waals surface area contributed by atoms with Gasteiger partial charge in [-0.2, -0.15) is 40.2 Å². The Balaban J connectivity index is 0.00000270. The summed E-state index contributed by atoms with van der Waals surface area (Å²) >= 11 is 2.24. The van der Waals surface area contributed by atoms with E-state index >= 15 is 0 Å². The lowest BCUT2D eigenvalue weighted by Crippen LogP contribution is -2.31. The highest BCUT2D eigenvalue weighted by atomic mass is 32.2. The van der Waals surface area contributed by atoms with E-state index in [0.717, 1.165) is 33.2 Å². The van der Waals surface area contributed by atoms with Gasteiger partial charge in [0.1, 0.15) is 59.0 Å². The van der Waals surface area contributed by atoms with Crippen LogP contribution in [0.25, 0.3) is 41.6 Å². The predicted molar refractivity (Wildman–Crippen MR) is 353 cm³/mol. The SMILES string of the molecule is CCN(CC)c1cc(Nc2nc(Nc3cc(N(CC)CC)c(OC)cc3N=Nc3ccc(-c4nc5ccc(C)c(S(=O)(=O)O)c5s4)cc3S(=O)(=O)O)nc(N(CCO)CCO)n2)c(N=Nc2ccc(-c3nc4ccc(C)cc4s3)cc2S(=O)(=O)O)cc1OC.O=S(=O)=O. The van der Waals surface area contributed by atoms with E-state index in [1.165, 1.54) is 73.8 Å². The number of ether oxygens (including phenoxy) is 2. The van der Waals surface area contributed by atoms with E-state index in [2.05, 4.69) is 41.1 Å². The van der Waals surface area contributed by atoms with Crippen LogP contribution in [0.1, 0.15) is 38.8 Å². The second kappa shape index (κ2) is 29.9. The lowest BCUT2D eigenvalue weighted by Gasteiger charge is -2.25. The van der Waals surface area contributed by atoms with Crippen LogP contribution < -0.4 is 34.8 Å². The number of aliphatic hydroxyl groups is 2. The van der Waals surface area contributed by atoms with Gasteiger partial charge in [-0.15, -0.1) is 55.8 Å². The van der Waals surface area contributed by atoms with Crippen molar-refractivity contribution in [2.24, 2.45) is 20.5 Å². The van der Waals surface area contributed by atoms with Gasteiger partial charge in [-0.05, 0) is 119 Å². The minimum absolute atomic E-state index is 0.0362. The first-order valence-electron chi connectivity index (χ1n) is 27.9. The van der Waals surface area contributed by atoms with Crippen LogP contribution in [0.4, 0.5) is 63.3 Å². The molecule has 0 aliphatic rings. The fourth-order valence-electron chi connectivity index (χ4n) is 9.60. The van der Waals surface area contributed by atoms with Gasteiger partial charge in [-0.3, -0.25) is 13.7 Å². The lowest BCUT2D eigenvalue weighted by molar-refractivity contribution is 0.280. The number of azo groups is 2.